The van der Waals surface area contributed by atoms with Crippen LogP contribution in [0.5, 0.6) is 0 Å². The maximum atomic E-state index is 11.6. The molecule has 2 aromatic heterocycles. The zero-order chi connectivity index (χ0) is 21.4. The Morgan fingerprint density at radius 2 is 2.10 bits per heavy atom. The van der Waals surface area contributed by atoms with Crippen molar-refractivity contribution in [3.05, 3.63) is 35.7 Å². The van der Waals surface area contributed by atoms with Crippen molar-refractivity contribution in [2.75, 3.05) is 24.7 Å². The highest BCUT2D eigenvalue weighted by Gasteiger charge is 2.39. The maximum absolute atomic E-state index is 11.6. The van der Waals surface area contributed by atoms with Gasteiger partial charge in [0.25, 0.3) is 0 Å². The fourth-order valence-corrected chi connectivity index (χ4v) is 3.55. The molecule has 0 aliphatic carbocycles. The van der Waals surface area contributed by atoms with Crippen molar-refractivity contribution in [1.29, 1.82) is 0 Å². The SMILES string of the molecule is CC1COCCN1c1cc(C(C)(O)C(C)(C)C)c2ccnc(C(N)=CC=[NH2+])c2n1. The van der Waals surface area contributed by atoms with Gasteiger partial charge in [0, 0.05) is 24.2 Å². The molecule has 5 N–H and O–H groups in total. The van der Waals surface area contributed by atoms with Gasteiger partial charge in [-0.3, -0.25) is 10.4 Å². The average molecular weight is 399 g/mol. The summed E-state index contributed by atoms with van der Waals surface area (Å²) in [5.41, 5.74) is 7.16. The zero-order valence-corrected chi connectivity index (χ0v) is 17.9. The summed E-state index contributed by atoms with van der Waals surface area (Å²) in [4.78, 5) is 11.6. The Kier molecular flexibility index (Phi) is 5.65. The van der Waals surface area contributed by atoms with Crippen molar-refractivity contribution in [3.63, 3.8) is 0 Å². The fraction of sp³-hybridized carbons (Fsp3) is 0.500. The topological polar surface area (TPSA) is 110 Å². The van der Waals surface area contributed by atoms with Crippen LogP contribution in [0.3, 0.4) is 0 Å². The summed E-state index contributed by atoms with van der Waals surface area (Å²) >= 11 is 0. The molecule has 0 bridgehead atoms. The number of pyridine rings is 2. The third-order valence-electron chi connectivity index (χ3n) is 5.91. The molecule has 3 rings (SSSR count). The molecule has 7 nitrogen and oxygen atoms in total. The number of ether oxygens (including phenoxy) is 1. The summed E-state index contributed by atoms with van der Waals surface area (Å²) in [6.07, 6.45) is 4.68. The van der Waals surface area contributed by atoms with E-state index < -0.39 is 11.0 Å². The second-order valence-corrected chi connectivity index (χ2v) is 8.84. The monoisotopic (exact) mass is 398 g/mol. The van der Waals surface area contributed by atoms with E-state index in [0.29, 0.717) is 30.1 Å². The molecule has 156 valence electrons. The average Bonchev–Trinajstić information content (AvgIpc) is 2.66. The number of nitrogens with two attached hydrogens (primary N) is 2. The lowest BCUT2D eigenvalue weighted by Gasteiger charge is -2.40. The Bertz CT molecular complexity index is 946. The third-order valence-corrected chi connectivity index (χ3v) is 5.91. The molecule has 29 heavy (non-hydrogen) atoms. The van der Waals surface area contributed by atoms with Crippen LogP contribution in [0.15, 0.2) is 24.4 Å². The summed E-state index contributed by atoms with van der Waals surface area (Å²) in [6, 6.07) is 4.05. The van der Waals surface area contributed by atoms with Crippen LogP contribution in [0.25, 0.3) is 16.6 Å². The Morgan fingerprint density at radius 3 is 2.72 bits per heavy atom. The summed E-state index contributed by atoms with van der Waals surface area (Å²) in [7, 11) is 0. The van der Waals surface area contributed by atoms with E-state index in [-0.39, 0.29) is 6.04 Å². The normalized spacial score (nSPS) is 20.6. The summed E-state index contributed by atoms with van der Waals surface area (Å²) in [5, 5.41) is 17.9. The number of anilines is 1. The van der Waals surface area contributed by atoms with E-state index in [2.05, 4.69) is 16.8 Å². The molecule has 2 unspecified atom stereocenters. The minimum absolute atomic E-state index is 0.173. The lowest BCUT2D eigenvalue weighted by Crippen LogP contribution is -2.44. The first-order valence-corrected chi connectivity index (χ1v) is 9.96. The minimum atomic E-state index is -1.10. The Morgan fingerprint density at radius 1 is 1.38 bits per heavy atom. The van der Waals surface area contributed by atoms with Crippen LogP contribution in [0.1, 0.15) is 45.9 Å². The first kappa shape index (κ1) is 21.2. The molecule has 7 heteroatoms. The van der Waals surface area contributed by atoms with Gasteiger partial charge in [0.15, 0.2) is 6.21 Å². The van der Waals surface area contributed by atoms with Crippen molar-refractivity contribution >= 4 is 28.6 Å². The number of rotatable bonds is 4. The van der Waals surface area contributed by atoms with Crippen molar-refractivity contribution in [2.45, 2.75) is 46.3 Å². The van der Waals surface area contributed by atoms with Crippen LogP contribution in [-0.4, -0.2) is 47.1 Å². The summed E-state index contributed by atoms with van der Waals surface area (Å²) < 4.78 is 5.59. The summed E-state index contributed by atoms with van der Waals surface area (Å²) in [6.45, 7) is 12.0. The van der Waals surface area contributed by atoms with E-state index in [1.54, 1.807) is 12.3 Å². The van der Waals surface area contributed by atoms with Crippen molar-refractivity contribution in [2.24, 2.45) is 11.1 Å². The maximum Gasteiger partial charge on any atom is 0.162 e. The van der Waals surface area contributed by atoms with Crippen LogP contribution in [0, 0.1) is 5.41 Å². The molecule has 3 heterocycles. The first-order chi connectivity index (χ1) is 13.6. The van der Waals surface area contributed by atoms with Crippen LogP contribution in [0.2, 0.25) is 0 Å². The number of nitrogens with zero attached hydrogens (tertiary/aromatic N) is 3. The Labute approximate surface area is 172 Å². The van der Waals surface area contributed by atoms with Crippen LogP contribution in [0.4, 0.5) is 5.82 Å². The van der Waals surface area contributed by atoms with Gasteiger partial charge in [-0.1, -0.05) is 20.8 Å². The zero-order valence-electron chi connectivity index (χ0n) is 17.9. The van der Waals surface area contributed by atoms with Crippen molar-refractivity contribution in [1.82, 2.24) is 9.97 Å². The Balaban J connectivity index is 2.35. The van der Waals surface area contributed by atoms with Gasteiger partial charge in [0.2, 0.25) is 0 Å². The number of hydrogen-bond donors (Lipinski definition) is 3. The largest absolute Gasteiger partial charge is 0.397 e. The highest BCUT2D eigenvalue weighted by atomic mass is 16.5. The lowest BCUT2D eigenvalue weighted by molar-refractivity contribution is -0.104. The predicted molar refractivity (Wildman–Crippen MR) is 116 cm³/mol. The number of allylic oxidation sites excluding steroid dienone is 1. The van der Waals surface area contributed by atoms with Gasteiger partial charge in [-0.25, -0.2) is 4.98 Å². The molecule has 1 aliphatic heterocycles. The molecule has 0 saturated carbocycles. The van der Waals surface area contributed by atoms with E-state index >= 15 is 0 Å². The number of hydrogen-bond acceptors (Lipinski definition) is 6. The van der Waals surface area contributed by atoms with Gasteiger partial charge in [0.1, 0.15) is 17.0 Å². The van der Waals surface area contributed by atoms with Gasteiger partial charge in [-0.15, -0.1) is 0 Å². The molecule has 0 amide bonds. The molecular weight excluding hydrogens is 366 g/mol. The van der Waals surface area contributed by atoms with E-state index in [1.165, 1.54) is 6.21 Å². The van der Waals surface area contributed by atoms with Gasteiger partial charge in [-0.05, 0) is 37.0 Å². The highest BCUT2D eigenvalue weighted by molar-refractivity contribution is 5.94. The molecular formula is C22H32N5O2+. The Hall–Kier alpha value is -2.51. The standard InChI is InChI=1S/C22H31N5O2/c1-14-13-29-11-10-27(14)18-12-16(22(5,28)21(2,3)4)15-7-9-25-20(19(15)26-18)17(24)6-8-23/h6-9,12,14,23,28H,10-11,13,24H2,1-5H3/p+1. The number of aromatic nitrogens is 2. The quantitative estimate of drug-likeness (QED) is 0.669. The molecule has 1 saturated heterocycles. The molecule has 0 spiro atoms. The summed E-state index contributed by atoms with van der Waals surface area (Å²) in [5.74, 6) is 0.784. The van der Waals surface area contributed by atoms with Gasteiger partial charge in [0.05, 0.1) is 30.6 Å². The molecule has 2 aromatic rings. The second-order valence-electron chi connectivity index (χ2n) is 8.84. The molecule has 0 aromatic carbocycles. The van der Waals surface area contributed by atoms with Crippen LogP contribution in [-0.2, 0) is 10.3 Å². The first-order valence-electron chi connectivity index (χ1n) is 9.96. The van der Waals surface area contributed by atoms with Gasteiger partial charge < -0.3 is 20.5 Å². The van der Waals surface area contributed by atoms with Crippen molar-refractivity contribution in [3.8, 4) is 0 Å². The number of fused-ring (bicyclic) bond motifs is 1. The van der Waals surface area contributed by atoms with E-state index in [1.807, 2.05) is 39.8 Å². The number of morpholine rings is 1. The highest BCUT2D eigenvalue weighted by Crippen LogP contribution is 2.43. The molecule has 1 aliphatic rings. The molecule has 0 radical (unpaired) electrons. The molecule has 1 fully saturated rings. The minimum Gasteiger partial charge on any atom is -0.397 e. The third kappa shape index (κ3) is 3.84. The van der Waals surface area contributed by atoms with E-state index in [4.69, 9.17) is 20.9 Å². The lowest BCUT2D eigenvalue weighted by atomic mass is 9.72. The predicted octanol–water partition coefficient (Wildman–Crippen LogP) is 1.24. The van der Waals surface area contributed by atoms with Crippen molar-refractivity contribution < 1.29 is 15.3 Å². The van der Waals surface area contributed by atoms with Crippen LogP contribution < -0.4 is 16.0 Å². The second kappa shape index (κ2) is 7.72. The number of aliphatic hydroxyl groups is 1. The van der Waals surface area contributed by atoms with E-state index in [9.17, 15) is 5.11 Å². The van der Waals surface area contributed by atoms with Crippen LogP contribution >= 0.6 is 0 Å². The van der Waals surface area contributed by atoms with Gasteiger partial charge >= 0.3 is 0 Å². The molecule has 2 atom stereocenters. The smallest absolute Gasteiger partial charge is 0.162 e. The fourth-order valence-electron chi connectivity index (χ4n) is 3.55. The van der Waals surface area contributed by atoms with E-state index in [0.717, 1.165) is 23.3 Å². The van der Waals surface area contributed by atoms with Gasteiger partial charge in [-0.2, -0.15) is 0 Å².